The van der Waals surface area contributed by atoms with Gasteiger partial charge in [0.15, 0.2) is 0 Å². The van der Waals surface area contributed by atoms with Crippen LogP contribution in [0, 0.1) is 0 Å². The van der Waals surface area contributed by atoms with Crippen LogP contribution in [-0.2, 0) is 5.11 Å². The molecular weight excluding hydrogens is 87.5 g/mol. The van der Waals surface area contributed by atoms with Crippen LogP contribution in [0.3, 0.4) is 0 Å². The molecular formula is C3H6ClO. The van der Waals surface area contributed by atoms with Crippen LogP contribution >= 0.6 is 11.6 Å². The molecule has 0 N–H and O–H groups in total. The zero-order chi connectivity index (χ0) is 4.12. The lowest BCUT2D eigenvalue weighted by Crippen LogP contribution is -1.77. The predicted molar refractivity (Wildman–Crippen MR) is 20.9 cm³/mol. The van der Waals surface area contributed by atoms with Crippen molar-refractivity contribution in [1.82, 2.24) is 0 Å². The molecule has 0 aliphatic heterocycles. The van der Waals surface area contributed by atoms with Gasteiger partial charge in [-0.25, -0.2) is 5.11 Å². The SMILES string of the molecule is [O]CCCCl. The minimum atomic E-state index is -0.0382. The summed E-state index contributed by atoms with van der Waals surface area (Å²) in [4.78, 5) is 0. The molecule has 0 fully saturated rings. The van der Waals surface area contributed by atoms with Crippen molar-refractivity contribution >= 4 is 11.6 Å². The molecule has 0 aliphatic rings. The van der Waals surface area contributed by atoms with E-state index >= 15 is 0 Å². The fourth-order valence-corrected chi connectivity index (χ4v) is 0.164. The smallest absolute Gasteiger partial charge is 0.0833 e. The van der Waals surface area contributed by atoms with E-state index in [4.69, 9.17) is 11.6 Å². The van der Waals surface area contributed by atoms with E-state index in [-0.39, 0.29) is 6.61 Å². The Morgan fingerprint density at radius 2 is 2.20 bits per heavy atom. The maximum absolute atomic E-state index is 9.45. The molecule has 0 bridgehead atoms. The molecule has 0 amide bonds. The van der Waals surface area contributed by atoms with Gasteiger partial charge in [-0.1, -0.05) is 0 Å². The van der Waals surface area contributed by atoms with Gasteiger partial charge >= 0.3 is 0 Å². The molecule has 1 nitrogen and oxygen atoms in total. The van der Waals surface area contributed by atoms with E-state index in [2.05, 4.69) is 0 Å². The number of hydrogen-bond acceptors (Lipinski definition) is 0. The summed E-state index contributed by atoms with van der Waals surface area (Å²) in [6.45, 7) is -0.0382. The molecule has 0 aliphatic carbocycles. The molecule has 31 valence electrons. The summed E-state index contributed by atoms with van der Waals surface area (Å²) < 4.78 is 0. The third-order valence-electron chi connectivity index (χ3n) is 0.278. The first kappa shape index (κ1) is 5.25. The highest BCUT2D eigenvalue weighted by Gasteiger charge is 1.73. The van der Waals surface area contributed by atoms with Crippen LogP contribution in [-0.4, -0.2) is 12.5 Å². The lowest BCUT2D eigenvalue weighted by molar-refractivity contribution is 0.194. The molecule has 0 rings (SSSR count). The molecule has 0 atom stereocenters. The highest BCUT2D eigenvalue weighted by Crippen LogP contribution is 1.78. The van der Waals surface area contributed by atoms with Crippen molar-refractivity contribution in [3.8, 4) is 0 Å². The average molecular weight is 93.5 g/mol. The summed E-state index contributed by atoms with van der Waals surface area (Å²) in [6.07, 6.45) is 0.599. The monoisotopic (exact) mass is 93.0 g/mol. The van der Waals surface area contributed by atoms with Gasteiger partial charge in [0, 0.05) is 5.88 Å². The maximum Gasteiger partial charge on any atom is 0.0833 e. The Hall–Kier alpha value is 0.250. The van der Waals surface area contributed by atoms with Gasteiger partial charge < -0.3 is 0 Å². The van der Waals surface area contributed by atoms with Crippen LogP contribution in [0.2, 0.25) is 0 Å². The first-order valence-electron chi connectivity index (χ1n) is 1.56. The topological polar surface area (TPSA) is 19.9 Å². The van der Waals surface area contributed by atoms with Crippen LogP contribution < -0.4 is 0 Å². The molecule has 1 radical (unpaired) electrons. The second kappa shape index (κ2) is 4.25. The zero-order valence-electron chi connectivity index (χ0n) is 2.91. The van der Waals surface area contributed by atoms with Gasteiger partial charge in [0.2, 0.25) is 0 Å². The number of hydrogen-bond donors (Lipinski definition) is 0. The van der Waals surface area contributed by atoms with E-state index in [1.54, 1.807) is 0 Å². The number of alkyl halides is 1. The Labute approximate surface area is 36.6 Å². The van der Waals surface area contributed by atoms with Gasteiger partial charge in [0.1, 0.15) is 0 Å². The third-order valence-corrected chi connectivity index (χ3v) is 0.545. The van der Waals surface area contributed by atoms with Gasteiger partial charge in [-0.15, -0.1) is 11.6 Å². The summed E-state index contributed by atoms with van der Waals surface area (Å²) in [5.74, 6) is 0.503. The van der Waals surface area contributed by atoms with Gasteiger partial charge in [0.05, 0.1) is 6.61 Å². The van der Waals surface area contributed by atoms with Crippen molar-refractivity contribution < 1.29 is 5.11 Å². The lowest BCUT2D eigenvalue weighted by Gasteiger charge is -1.74. The van der Waals surface area contributed by atoms with Crippen molar-refractivity contribution in [1.29, 1.82) is 0 Å². The van der Waals surface area contributed by atoms with E-state index in [1.165, 1.54) is 0 Å². The van der Waals surface area contributed by atoms with Crippen molar-refractivity contribution in [2.24, 2.45) is 0 Å². The quantitative estimate of drug-likeness (QED) is 0.455. The average Bonchev–Trinajstić information content (AvgIpc) is 1.41. The predicted octanol–water partition coefficient (Wildman–Crippen LogP) is 1.05. The Balaban J connectivity index is 2.19. The van der Waals surface area contributed by atoms with E-state index in [1.807, 2.05) is 0 Å². The fourth-order valence-electron chi connectivity index (χ4n) is 0.0546. The Morgan fingerprint density at radius 1 is 1.60 bits per heavy atom. The van der Waals surface area contributed by atoms with Crippen LogP contribution in [0.5, 0.6) is 0 Å². The van der Waals surface area contributed by atoms with E-state index in [9.17, 15) is 5.11 Å². The summed E-state index contributed by atoms with van der Waals surface area (Å²) in [6, 6.07) is 0. The van der Waals surface area contributed by atoms with E-state index in [0.717, 1.165) is 0 Å². The second-order valence-electron chi connectivity index (χ2n) is 0.747. The fraction of sp³-hybridized carbons (Fsp3) is 1.00. The number of halogens is 1. The van der Waals surface area contributed by atoms with Crippen LogP contribution in [0.25, 0.3) is 0 Å². The van der Waals surface area contributed by atoms with Crippen LogP contribution in [0.15, 0.2) is 0 Å². The molecule has 0 aromatic carbocycles. The summed E-state index contributed by atoms with van der Waals surface area (Å²) in [7, 11) is 0. The van der Waals surface area contributed by atoms with Crippen LogP contribution in [0.4, 0.5) is 0 Å². The molecule has 0 heterocycles. The van der Waals surface area contributed by atoms with Crippen molar-refractivity contribution in [3.05, 3.63) is 0 Å². The molecule has 0 spiro atoms. The maximum atomic E-state index is 9.45. The van der Waals surface area contributed by atoms with E-state index < -0.39 is 0 Å². The minimum absolute atomic E-state index is 0.0382. The first-order valence-corrected chi connectivity index (χ1v) is 2.09. The molecule has 0 aromatic rings. The highest BCUT2D eigenvalue weighted by molar-refractivity contribution is 6.17. The van der Waals surface area contributed by atoms with Crippen molar-refractivity contribution in [2.75, 3.05) is 12.5 Å². The van der Waals surface area contributed by atoms with Gasteiger partial charge in [-0.3, -0.25) is 0 Å². The summed E-state index contributed by atoms with van der Waals surface area (Å²) in [5.41, 5.74) is 0. The minimum Gasteiger partial charge on any atom is -0.237 e. The Kier molecular flexibility index (Phi) is 4.46. The molecule has 2 heteroatoms. The van der Waals surface area contributed by atoms with Gasteiger partial charge in [0.25, 0.3) is 0 Å². The largest absolute Gasteiger partial charge is 0.237 e. The van der Waals surface area contributed by atoms with Gasteiger partial charge in [-0.05, 0) is 6.42 Å². The van der Waals surface area contributed by atoms with Gasteiger partial charge in [-0.2, -0.15) is 0 Å². The highest BCUT2D eigenvalue weighted by atomic mass is 35.5. The molecule has 0 aromatic heterocycles. The summed E-state index contributed by atoms with van der Waals surface area (Å²) >= 11 is 5.10. The molecule has 5 heavy (non-hydrogen) atoms. The molecule has 0 saturated heterocycles. The summed E-state index contributed by atoms with van der Waals surface area (Å²) in [5, 5.41) is 9.45. The van der Waals surface area contributed by atoms with Crippen molar-refractivity contribution in [3.63, 3.8) is 0 Å². The second-order valence-corrected chi connectivity index (χ2v) is 1.12. The molecule has 0 saturated carbocycles. The normalized spacial score (nSPS) is 8.40. The number of rotatable bonds is 2. The third kappa shape index (κ3) is 4.25. The Bertz CT molecular complexity index is 14.4. The first-order chi connectivity index (χ1) is 2.41. The molecule has 0 unspecified atom stereocenters. The lowest BCUT2D eigenvalue weighted by atomic mass is 10.5. The van der Waals surface area contributed by atoms with Crippen LogP contribution in [0.1, 0.15) is 6.42 Å². The van der Waals surface area contributed by atoms with Crippen molar-refractivity contribution in [2.45, 2.75) is 6.42 Å². The van der Waals surface area contributed by atoms with E-state index in [0.29, 0.717) is 12.3 Å². The Morgan fingerprint density at radius 3 is 2.20 bits per heavy atom. The standard InChI is InChI=1S/C3H6ClO/c4-2-1-3-5/h1-3H2. The zero-order valence-corrected chi connectivity index (χ0v) is 3.66.